The molecule has 0 bridgehead atoms. The molecule has 1 aliphatic heterocycles. The first kappa shape index (κ1) is 22.0. The minimum atomic E-state index is -0.699. The molecule has 0 saturated carbocycles. The lowest BCUT2D eigenvalue weighted by Gasteiger charge is -2.25. The molecule has 6 heteroatoms. The largest absolute Gasteiger partial charge is 0.490 e. The van der Waals surface area contributed by atoms with E-state index in [0.29, 0.717) is 39.6 Å². The van der Waals surface area contributed by atoms with Crippen molar-refractivity contribution in [1.82, 2.24) is 0 Å². The van der Waals surface area contributed by atoms with Crippen LogP contribution in [0.3, 0.4) is 0 Å². The molecule has 170 valence electrons. The second kappa shape index (κ2) is 8.50. The number of ether oxygens (including phenoxy) is 1. The second-order valence-corrected chi connectivity index (χ2v) is 8.77. The van der Waals surface area contributed by atoms with E-state index in [1.807, 2.05) is 44.2 Å². The Morgan fingerprint density at radius 2 is 1.82 bits per heavy atom. The zero-order valence-corrected chi connectivity index (χ0v) is 19.6. The fourth-order valence-electron chi connectivity index (χ4n) is 4.37. The van der Waals surface area contributed by atoms with Gasteiger partial charge in [-0.1, -0.05) is 42.5 Å². The molecule has 3 aromatic carbocycles. The van der Waals surface area contributed by atoms with Crippen LogP contribution in [0.1, 0.15) is 38.9 Å². The number of benzene rings is 3. The molecule has 5 rings (SSSR count). The first-order valence-electron chi connectivity index (χ1n) is 10.9. The number of halogens is 1. The van der Waals surface area contributed by atoms with Crippen LogP contribution in [-0.2, 0) is 0 Å². The van der Waals surface area contributed by atoms with Crippen LogP contribution in [-0.4, -0.2) is 12.5 Å². The molecule has 4 aromatic rings. The van der Waals surface area contributed by atoms with Crippen molar-refractivity contribution < 1.29 is 13.9 Å². The highest BCUT2D eigenvalue weighted by atomic mass is 35.5. The van der Waals surface area contributed by atoms with Gasteiger partial charge >= 0.3 is 0 Å². The molecule has 2 heterocycles. The van der Waals surface area contributed by atoms with Crippen molar-refractivity contribution in [3.8, 4) is 5.75 Å². The normalized spacial score (nSPS) is 15.0. The fraction of sp³-hybridized carbons (Fsp3) is 0.143. The van der Waals surface area contributed by atoms with Crippen LogP contribution in [0.4, 0.5) is 5.69 Å². The summed E-state index contributed by atoms with van der Waals surface area (Å²) < 4.78 is 11.8. The molecule has 1 amide bonds. The van der Waals surface area contributed by atoms with E-state index in [1.54, 1.807) is 41.3 Å². The van der Waals surface area contributed by atoms with Gasteiger partial charge in [-0.25, -0.2) is 0 Å². The average molecular weight is 472 g/mol. The first-order valence-corrected chi connectivity index (χ1v) is 11.3. The Kier molecular flexibility index (Phi) is 5.50. The molecule has 1 aliphatic rings. The molecule has 0 spiro atoms. The van der Waals surface area contributed by atoms with E-state index in [1.165, 1.54) is 0 Å². The van der Waals surface area contributed by atoms with Crippen molar-refractivity contribution in [3.63, 3.8) is 0 Å². The van der Waals surface area contributed by atoms with Crippen molar-refractivity contribution >= 4 is 34.2 Å². The quantitative estimate of drug-likeness (QED) is 0.317. The minimum absolute atomic E-state index is 0.0446. The topological polar surface area (TPSA) is 59.8 Å². The molecular weight excluding hydrogens is 450 g/mol. The number of nitrogens with zero attached hydrogens (tertiary/aromatic N) is 1. The number of rotatable bonds is 5. The third-order valence-corrected chi connectivity index (χ3v) is 6.35. The third kappa shape index (κ3) is 3.58. The SMILES string of the molecule is C=CCOc1cccc(C2c3c(oc4cc(C)c(C)cc4c3=O)C(=O)N2c2cccc(Cl)c2)c1. The van der Waals surface area contributed by atoms with Crippen molar-refractivity contribution in [3.05, 3.63) is 117 Å². The van der Waals surface area contributed by atoms with E-state index >= 15 is 0 Å². The lowest BCUT2D eigenvalue weighted by molar-refractivity contribution is 0.0971. The lowest BCUT2D eigenvalue weighted by Crippen LogP contribution is -2.29. The molecule has 0 fully saturated rings. The molecular formula is C28H22ClNO4. The maximum atomic E-state index is 13.8. The summed E-state index contributed by atoms with van der Waals surface area (Å²) in [5, 5.41) is 0.936. The molecule has 0 saturated heterocycles. The smallest absolute Gasteiger partial charge is 0.295 e. The summed E-state index contributed by atoms with van der Waals surface area (Å²) >= 11 is 6.26. The van der Waals surface area contributed by atoms with Crippen LogP contribution in [0.2, 0.25) is 5.02 Å². The number of anilines is 1. The van der Waals surface area contributed by atoms with Crippen LogP contribution in [0.5, 0.6) is 5.75 Å². The lowest BCUT2D eigenvalue weighted by atomic mass is 9.97. The van der Waals surface area contributed by atoms with Crippen molar-refractivity contribution in [2.24, 2.45) is 0 Å². The summed E-state index contributed by atoms with van der Waals surface area (Å²) in [6.45, 7) is 7.92. The molecule has 0 N–H and O–H groups in total. The summed E-state index contributed by atoms with van der Waals surface area (Å²) in [5.74, 6) is 0.265. The van der Waals surface area contributed by atoms with Gasteiger partial charge in [0.05, 0.1) is 17.0 Å². The molecule has 34 heavy (non-hydrogen) atoms. The number of aryl methyl sites for hydroxylation is 2. The monoisotopic (exact) mass is 471 g/mol. The Bertz CT molecular complexity index is 1520. The highest BCUT2D eigenvalue weighted by molar-refractivity contribution is 6.31. The van der Waals surface area contributed by atoms with Gasteiger partial charge in [-0.15, -0.1) is 0 Å². The van der Waals surface area contributed by atoms with Gasteiger partial charge in [0.1, 0.15) is 17.9 Å². The Labute approximate surface area is 201 Å². The van der Waals surface area contributed by atoms with Crippen LogP contribution in [0.15, 0.2) is 82.5 Å². The van der Waals surface area contributed by atoms with Crippen LogP contribution in [0.25, 0.3) is 11.0 Å². The number of carbonyl (C=O) groups is 1. The molecule has 1 aromatic heterocycles. The summed E-state index contributed by atoms with van der Waals surface area (Å²) in [5.41, 5.74) is 3.74. The van der Waals surface area contributed by atoms with Gasteiger partial charge in [0.2, 0.25) is 5.76 Å². The molecule has 5 nitrogen and oxygen atoms in total. The van der Waals surface area contributed by atoms with Crippen molar-refractivity contribution in [1.29, 1.82) is 0 Å². The predicted octanol–water partition coefficient (Wildman–Crippen LogP) is 6.38. The summed E-state index contributed by atoms with van der Waals surface area (Å²) in [6.07, 6.45) is 1.66. The van der Waals surface area contributed by atoms with E-state index in [4.69, 9.17) is 20.8 Å². The fourth-order valence-corrected chi connectivity index (χ4v) is 4.55. The maximum absolute atomic E-state index is 13.8. The average Bonchev–Trinajstić information content (AvgIpc) is 3.12. The molecule has 1 unspecified atom stereocenters. The van der Waals surface area contributed by atoms with Gasteiger partial charge in [0.25, 0.3) is 5.91 Å². The minimum Gasteiger partial charge on any atom is -0.490 e. The Balaban J connectivity index is 1.78. The van der Waals surface area contributed by atoms with E-state index in [2.05, 4.69) is 6.58 Å². The van der Waals surface area contributed by atoms with Gasteiger partial charge in [-0.2, -0.15) is 0 Å². The number of amides is 1. The zero-order chi connectivity index (χ0) is 24.0. The Hall–Kier alpha value is -3.83. The van der Waals surface area contributed by atoms with Gasteiger partial charge in [0, 0.05) is 10.7 Å². The van der Waals surface area contributed by atoms with E-state index in [9.17, 15) is 9.59 Å². The predicted molar refractivity (Wildman–Crippen MR) is 134 cm³/mol. The standard InChI is InChI=1S/C28H22ClNO4/c1-4-11-33-21-10-5-7-18(14-21)25-24-26(31)22-12-16(2)17(3)13-23(22)34-27(24)28(32)30(25)20-9-6-8-19(29)15-20/h4-10,12-15,25H,1,11H2,2-3H3. The van der Waals surface area contributed by atoms with Crippen LogP contribution < -0.4 is 15.1 Å². The summed E-state index contributed by atoms with van der Waals surface area (Å²) in [6, 6.07) is 17.3. The maximum Gasteiger partial charge on any atom is 0.295 e. The van der Waals surface area contributed by atoms with Gasteiger partial charge in [-0.3, -0.25) is 14.5 Å². The van der Waals surface area contributed by atoms with Gasteiger partial charge in [0.15, 0.2) is 5.43 Å². The van der Waals surface area contributed by atoms with Crippen molar-refractivity contribution in [2.45, 2.75) is 19.9 Å². The number of hydrogen-bond acceptors (Lipinski definition) is 4. The van der Waals surface area contributed by atoms with Gasteiger partial charge in [-0.05, 0) is 73.0 Å². The Morgan fingerprint density at radius 1 is 1.06 bits per heavy atom. The van der Waals surface area contributed by atoms with E-state index in [-0.39, 0.29) is 11.2 Å². The molecule has 0 aliphatic carbocycles. The Morgan fingerprint density at radius 3 is 2.59 bits per heavy atom. The van der Waals surface area contributed by atoms with Crippen LogP contribution in [0, 0.1) is 13.8 Å². The summed E-state index contributed by atoms with van der Waals surface area (Å²) in [7, 11) is 0. The van der Waals surface area contributed by atoms with Crippen molar-refractivity contribution in [2.75, 3.05) is 11.5 Å². The molecule has 1 atom stereocenters. The first-order chi connectivity index (χ1) is 16.4. The van der Waals surface area contributed by atoms with Crippen LogP contribution >= 0.6 is 11.6 Å². The molecule has 0 radical (unpaired) electrons. The number of carbonyl (C=O) groups excluding carboxylic acids is 1. The highest BCUT2D eigenvalue weighted by Crippen LogP contribution is 2.42. The van der Waals surface area contributed by atoms with Gasteiger partial charge < -0.3 is 9.15 Å². The second-order valence-electron chi connectivity index (χ2n) is 8.34. The number of fused-ring (bicyclic) bond motifs is 2. The zero-order valence-electron chi connectivity index (χ0n) is 18.8. The highest BCUT2D eigenvalue weighted by Gasteiger charge is 2.43. The summed E-state index contributed by atoms with van der Waals surface area (Å²) in [4.78, 5) is 29.1. The number of hydrogen-bond donors (Lipinski definition) is 0. The third-order valence-electron chi connectivity index (χ3n) is 6.11. The van der Waals surface area contributed by atoms with E-state index < -0.39 is 11.9 Å². The van der Waals surface area contributed by atoms with E-state index in [0.717, 1.165) is 16.7 Å².